The summed E-state index contributed by atoms with van der Waals surface area (Å²) in [6.45, 7) is 5.47. The van der Waals surface area contributed by atoms with Crippen LogP contribution in [0.2, 0.25) is 0 Å². The van der Waals surface area contributed by atoms with Gasteiger partial charge in [0.25, 0.3) is 0 Å². The number of rotatable bonds is 15. The smallest absolute Gasteiger partial charge is 0.242 e. The summed E-state index contributed by atoms with van der Waals surface area (Å²) >= 11 is 0. The van der Waals surface area contributed by atoms with Crippen molar-refractivity contribution >= 4 is 11.8 Å². The second kappa shape index (κ2) is 15.2. The fourth-order valence-corrected chi connectivity index (χ4v) is 5.55. The number of nitrogens with one attached hydrogen (secondary N) is 1. The van der Waals surface area contributed by atoms with Gasteiger partial charge in [0.1, 0.15) is 6.04 Å². The fraction of sp³-hybridized carbons (Fsp3) is 0.724. The van der Waals surface area contributed by atoms with Gasteiger partial charge < -0.3 is 10.2 Å². The molecular formula is C29H47N3O2. The van der Waals surface area contributed by atoms with Crippen LogP contribution in [0.4, 0.5) is 0 Å². The molecule has 3 rings (SSSR count). The predicted octanol–water partition coefficient (Wildman–Crippen LogP) is 5.68. The van der Waals surface area contributed by atoms with Crippen LogP contribution in [-0.4, -0.2) is 53.3 Å². The van der Waals surface area contributed by atoms with Crippen molar-refractivity contribution in [1.82, 2.24) is 15.1 Å². The van der Waals surface area contributed by atoms with E-state index in [-0.39, 0.29) is 23.9 Å². The largest absolute Gasteiger partial charge is 0.354 e. The predicted molar refractivity (Wildman–Crippen MR) is 139 cm³/mol. The van der Waals surface area contributed by atoms with Crippen LogP contribution < -0.4 is 5.32 Å². The van der Waals surface area contributed by atoms with Gasteiger partial charge in [-0.05, 0) is 44.2 Å². The third-order valence-electron chi connectivity index (χ3n) is 7.55. The highest BCUT2D eigenvalue weighted by atomic mass is 16.2. The van der Waals surface area contributed by atoms with Gasteiger partial charge in [-0.15, -0.1) is 0 Å². The van der Waals surface area contributed by atoms with Crippen LogP contribution in [0.15, 0.2) is 30.3 Å². The van der Waals surface area contributed by atoms with Crippen molar-refractivity contribution in [3.63, 3.8) is 0 Å². The van der Waals surface area contributed by atoms with Crippen molar-refractivity contribution in [3.8, 4) is 0 Å². The molecule has 2 fully saturated rings. The zero-order valence-electron chi connectivity index (χ0n) is 21.5. The van der Waals surface area contributed by atoms with E-state index in [1.807, 2.05) is 11.0 Å². The monoisotopic (exact) mass is 469 g/mol. The lowest BCUT2D eigenvalue weighted by Crippen LogP contribution is -2.51. The molecule has 2 atom stereocenters. The van der Waals surface area contributed by atoms with E-state index in [0.717, 1.165) is 51.7 Å². The molecule has 1 aromatic carbocycles. The molecule has 0 spiro atoms. The minimum Gasteiger partial charge on any atom is -0.354 e. The second-order valence-corrected chi connectivity index (χ2v) is 10.3. The molecule has 0 unspecified atom stereocenters. The Morgan fingerprint density at radius 3 is 2.15 bits per heavy atom. The third-order valence-corrected chi connectivity index (χ3v) is 7.55. The van der Waals surface area contributed by atoms with E-state index in [2.05, 4.69) is 41.4 Å². The average Bonchev–Trinajstić information content (AvgIpc) is 3.53. The zero-order valence-corrected chi connectivity index (χ0v) is 21.5. The molecule has 5 heteroatoms. The Balaban J connectivity index is 1.34. The summed E-state index contributed by atoms with van der Waals surface area (Å²) in [5, 5.41) is 3.13. The first-order chi connectivity index (χ1) is 16.7. The van der Waals surface area contributed by atoms with Crippen LogP contribution >= 0.6 is 0 Å². The summed E-state index contributed by atoms with van der Waals surface area (Å²) in [6, 6.07) is 10.0. The van der Waals surface area contributed by atoms with E-state index in [9.17, 15) is 9.59 Å². The first-order valence-electron chi connectivity index (χ1n) is 14.1. The first-order valence-corrected chi connectivity index (χ1v) is 14.1. The highest BCUT2D eigenvalue weighted by Gasteiger charge is 2.40. The Morgan fingerprint density at radius 1 is 0.824 bits per heavy atom. The van der Waals surface area contributed by atoms with E-state index >= 15 is 0 Å². The molecule has 2 heterocycles. The van der Waals surface area contributed by atoms with Crippen molar-refractivity contribution in [1.29, 1.82) is 0 Å². The molecule has 0 aromatic heterocycles. The maximum atomic E-state index is 13.4. The number of carbonyl (C=O) groups is 2. The van der Waals surface area contributed by atoms with E-state index in [1.54, 1.807) is 0 Å². The number of hydrogen-bond donors (Lipinski definition) is 1. The minimum absolute atomic E-state index is 0.0504. The molecule has 190 valence electrons. The molecule has 1 N–H and O–H groups in total. The topological polar surface area (TPSA) is 52.7 Å². The molecule has 0 bridgehead atoms. The lowest BCUT2D eigenvalue weighted by Gasteiger charge is -2.31. The number of likely N-dealkylation sites (tertiary alicyclic amines) is 2. The molecule has 0 aliphatic carbocycles. The van der Waals surface area contributed by atoms with Gasteiger partial charge in [-0.2, -0.15) is 0 Å². The van der Waals surface area contributed by atoms with Crippen LogP contribution in [0, 0.1) is 0 Å². The van der Waals surface area contributed by atoms with Gasteiger partial charge in [-0.1, -0.05) is 95.0 Å². The van der Waals surface area contributed by atoms with Crippen molar-refractivity contribution < 1.29 is 9.59 Å². The van der Waals surface area contributed by atoms with Crippen molar-refractivity contribution in [2.45, 2.75) is 115 Å². The molecule has 1 aromatic rings. The molecule has 2 saturated heterocycles. The highest BCUT2D eigenvalue weighted by Crippen LogP contribution is 2.26. The maximum Gasteiger partial charge on any atom is 0.242 e. The summed E-state index contributed by atoms with van der Waals surface area (Å²) in [5.74, 6) is 0.208. The van der Waals surface area contributed by atoms with Crippen molar-refractivity contribution in [3.05, 3.63) is 35.9 Å². The summed E-state index contributed by atoms with van der Waals surface area (Å²) in [4.78, 5) is 30.5. The Labute approximate surface area is 207 Å². The Bertz CT molecular complexity index is 723. The van der Waals surface area contributed by atoms with Crippen LogP contribution in [-0.2, 0) is 16.1 Å². The first kappa shape index (κ1) is 26.7. The van der Waals surface area contributed by atoms with Crippen molar-refractivity contribution in [2.24, 2.45) is 0 Å². The standard InChI is InChI=1S/C29H47N3O2/c1-2-3-4-5-6-7-8-9-10-14-21-30-28(33)26-19-16-23-32(26)29(34)27-20-15-22-31(27)24-25-17-12-11-13-18-25/h11-13,17-18,26-27H,2-10,14-16,19-24H2,1H3,(H,30,33)/t26-,27-/m0/s1. The van der Waals surface area contributed by atoms with E-state index in [1.165, 1.54) is 63.4 Å². The van der Waals surface area contributed by atoms with Crippen LogP contribution in [0.25, 0.3) is 0 Å². The lowest BCUT2D eigenvalue weighted by molar-refractivity contribution is -0.142. The van der Waals surface area contributed by atoms with E-state index < -0.39 is 0 Å². The number of hydrogen-bond acceptors (Lipinski definition) is 3. The summed E-state index contributed by atoms with van der Waals surface area (Å²) in [5.41, 5.74) is 1.24. The van der Waals surface area contributed by atoms with Crippen LogP contribution in [0.1, 0.15) is 102 Å². The quantitative estimate of drug-likeness (QED) is 0.336. The molecule has 34 heavy (non-hydrogen) atoms. The van der Waals surface area contributed by atoms with Gasteiger partial charge in [-0.3, -0.25) is 14.5 Å². The Hall–Kier alpha value is -1.88. The Kier molecular flexibility index (Phi) is 11.9. The molecule has 0 radical (unpaired) electrons. The van der Waals surface area contributed by atoms with E-state index in [0.29, 0.717) is 6.54 Å². The Morgan fingerprint density at radius 2 is 1.44 bits per heavy atom. The lowest BCUT2D eigenvalue weighted by atomic mass is 10.1. The van der Waals surface area contributed by atoms with Gasteiger partial charge in [-0.25, -0.2) is 0 Å². The zero-order chi connectivity index (χ0) is 24.0. The van der Waals surface area contributed by atoms with Gasteiger partial charge in [0, 0.05) is 19.6 Å². The number of carbonyl (C=O) groups excluding carboxylic acids is 2. The molecule has 2 aliphatic rings. The summed E-state index contributed by atoms with van der Waals surface area (Å²) < 4.78 is 0. The third kappa shape index (κ3) is 8.41. The second-order valence-electron chi connectivity index (χ2n) is 10.3. The van der Waals surface area contributed by atoms with Gasteiger partial charge >= 0.3 is 0 Å². The summed E-state index contributed by atoms with van der Waals surface area (Å²) in [7, 11) is 0. The normalized spacial score (nSPS) is 20.7. The van der Waals surface area contributed by atoms with Gasteiger partial charge in [0.05, 0.1) is 6.04 Å². The average molecular weight is 470 g/mol. The van der Waals surface area contributed by atoms with Crippen LogP contribution in [0.3, 0.4) is 0 Å². The summed E-state index contributed by atoms with van der Waals surface area (Å²) in [6.07, 6.45) is 16.6. The fourth-order valence-electron chi connectivity index (χ4n) is 5.55. The molecule has 0 saturated carbocycles. The van der Waals surface area contributed by atoms with Gasteiger partial charge in [0.2, 0.25) is 11.8 Å². The number of amides is 2. The minimum atomic E-state index is -0.283. The molecule has 2 amide bonds. The number of nitrogens with zero attached hydrogens (tertiary/aromatic N) is 2. The SMILES string of the molecule is CCCCCCCCCCCCNC(=O)[C@@H]1CCCN1C(=O)[C@@H]1CCCN1Cc1ccccc1. The maximum absolute atomic E-state index is 13.4. The molecular weight excluding hydrogens is 422 g/mol. The number of benzene rings is 1. The van der Waals surface area contributed by atoms with Gasteiger partial charge in [0.15, 0.2) is 0 Å². The molecule has 5 nitrogen and oxygen atoms in total. The van der Waals surface area contributed by atoms with Crippen molar-refractivity contribution in [2.75, 3.05) is 19.6 Å². The van der Waals surface area contributed by atoms with Crippen LogP contribution in [0.5, 0.6) is 0 Å². The highest BCUT2D eigenvalue weighted by molar-refractivity contribution is 5.90. The molecule has 2 aliphatic heterocycles. The number of unbranched alkanes of at least 4 members (excludes halogenated alkanes) is 9. The van der Waals surface area contributed by atoms with E-state index in [4.69, 9.17) is 0 Å².